The Morgan fingerprint density at radius 1 is 1.26 bits per heavy atom. The van der Waals surface area contributed by atoms with E-state index in [2.05, 4.69) is 17.6 Å². The van der Waals surface area contributed by atoms with Crippen LogP contribution in [-0.2, 0) is 0 Å². The molecule has 2 heterocycles. The number of quaternary nitrogens is 1. The highest BCUT2D eigenvalue weighted by atomic mass is 19.1. The standard InChI is InChI=1S/C18H26FN3O/c1-2-10-22-14-6-5-7-15(22)12-13(11-14)20-18(23)21-17-9-4-3-8-16(17)19/h3-4,8-9,13-15H,2,5-7,10-12H2,1H3,(H2,20,21,23)/p+1/t13?,14-,15+. The van der Waals surface area contributed by atoms with E-state index in [1.807, 2.05) is 0 Å². The molecule has 1 aromatic rings. The Labute approximate surface area is 137 Å². The summed E-state index contributed by atoms with van der Waals surface area (Å²) >= 11 is 0. The molecule has 23 heavy (non-hydrogen) atoms. The van der Waals surface area contributed by atoms with Gasteiger partial charge in [-0.15, -0.1) is 0 Å². The van der Waals surface area contributed by atoms with Crippen molar-refractivity contribution in [2.75, 3.05) is 11.9 Å². The minimum Gasteiger partial charge on any atom is -0.335 e. The normalized spacial score (nSPS) is 29.8. The Morgan fingerprint density at radius 3 is 2.61 bits per heavy atom. The second kappa shape index (κ2) is 7.30. The van der Waals surface area contributed by atoms with Crippen LogP contribution in [0.4, 0.5) is 14.9 Å². The van der Waals surface area contributed by atoms with E-state index in [0.29, 0.717) is 12.1 Å². The fraction of sp³-hybridized carbons (Fsp3) is 0.611. The van der Waals surface area contributed by atoms with E-state index < -0.39 is 5.82 Å². The van der Waals surface area contributed by atoms with Crippen LogP contribution in [-0.4, -0.2) is 30.7 Å². The Balaban J connectivity index is 1.57. The SMILES string of the molecule is CCC[NH+]1[C@@H]2CCC[C@H]1CC(NC(=O)Nc1ccccc1F)C2. The topological polar surface area (TPSA) is 45.6 Å². The van der Waals surface area contributed by atoms with Crippen LogP contribution in [0.5, 0.6) is 0 Å². The first-order valence-corrected chi connectivity index (χ1v) is 8.85. The molecule has 0 radical (unpaired) electrons. The smallest absolute Gasteiger partial charge is 0.319 e. The Morgan fingerprint density at radius 2 is 1.96 bits per heavy atom. The molecular formula is C18H27FN3O+. The summed E-state index contributed by atoms with van der Waals surface area (Å²) in [6.07, 6.45) is 7.13. The maximum atomic E-state index is 13.6. The lowest BCUT2D eigenvalue weighted by molar-refractivity contribution is -0.961. The van der Waals surface area contributed by atoms with E-state index in [1.165, 1.54) is 38.3 Å². The molecule has 0 spiro atoms. The summed E-state index contributed by atoms with van der Waals surface area (Å²) in [4.78, 5) is 13.9. The number of rotatable bonds is 4. The number of nitrogens with one attached hydrogen (secondary N) is 3. The zero-order valence-electron chi connectivity index (χ0n) is 13.8. The van der Waals surface area contributed by atoms with E-state index in [0.717, 1.165) is 12.8 Å². The second-order valence-electron chi connectivity index (χ2n) is 6.90. The first kappa shape index (κ1) is 16.2. The number of fused-ring (bicyclic) bond motifs is 2. The third-order valence-electron chi connectivity index (χ3n) is 5.29. The van der Waals surface area contributed by atoms with Crippen molar-refractivity contribution >= 4 is 11.7 Å². The number of amides is 2. The van der Waals surface area contributed by atoms with Gasteiger partial charge in [-0.05, 0) is 37.8 Å². The Bertz CT molecular complexity index is 537. The summed E-state index contributed by atoms with van der Waals surface area (Å²) < 4.78 is 13.6. The lowest BCUT2D eigenvalue weighted by Gasteiger charge is -2.45. The molecule has 3 N–H and O–H groups in total. The van der Waals surface area contributed by atoms with Crippen molar-refractivity contribution < 1.29 is 14.1 Å². The highest BCUT2D eigenvalue weighted by Crippen LogP contribution is 2.22. The van der Waals surface area contributed by atoms with E-state index in [1.54, 1.807) is 23.1 Å². The first-order chi connectivity index (χ1) is 11.2. The van der Waals surface area contributed by atoms with Gasteiger partial charge in [0.05, 0.1) is 24.3 Å². The van der Waals surface area contributed by atoms with Crippen molar-refractivity contribution in [2.24, 2.45) is 0 Å². The average molecular weight is 320 g/mol. The van der Waals surface area contributed by atoms with Gasteiger partial charge >= 0.3 is 6.03 Å². The molecule has 2 saturated heterocycles. The van der Waals surface area contributed by atoms with Crippen molar-refractivity contribution in [3.63, 3.8) is 0 Å². The molecule has 2 unspecified atom stereocenters. The first-order valence-electron chi connectivity index (χ1n) is 8.85. The van der Waals surface area contributed by atoms with E-state index >= 15 is 0 Å². The number of benzene rings is 1. The minimum absolute atomic E-state index is 0.206. The van der Waals surface area contributed by atoms with Gasteiger partial charge in [0.1, 0.15) is 5.82 Å². The van der Waals surface area contributed by atoms with Gasteiger partial charge in [0, 0.05) is 18.9 Å². The van der Waals surface area contributed by atoms with Gasteiger partial charge in [-0.1, -0.05) is 19.1 Å². The fourth-order valence-electron chi connectivity index (χ4n) is 4.36. The molecule has 2 bridgehead atoms. The second-order valence-corrected chi connectivity index (χ2v) is 6.90. The Kier molecular flexibility index (Phi) is 5.16. The van der Waals surface area contributed by atoms with Crippen LogP contribution in [0.25, 0.3) is 0 Å². The zero-order valence-corrected chi connectivity index (χ0v) is 13.8. The number of hydrogen-bond acceptors (Lipinski definition) is 1. The van der Waals surface area contributed by atoms with Crippen LogP contribution in [0, 0.1) is 5.82 Å². The predicted octanol–water partition coefficient (Wildman–Crippen LogP) is 2.33. The maximum Gasteiger partial charge on any atom is 0.319 e. The van der Waals surface area contributed by atoms with Crippen LogP contribution in [0.2, 0.25) is 0 Å². The molecule has 2 aliphatic heterocycles. The number of hydrogen-bond donors (Lipinski definition) is 3. The van der Waals surface area contributed by atoms with Gasteiger partial charge in [0.25, 0.3) is 0 Å². The van der Waals surface area contributed by atoms with Gasteiger partial charge in [0.15, 0.2) is 0 Å². The monoisotopic (exact) mass is 320 g/mol. The van der Waals surface area contributed by atoms with Gasteiger partial charge in [-0.25, -0.2) is 9.18 Å². The number of urea groups is 1. The van der Waals surface area contributed by atoms with Crippen LogP contribution in [0.1, 0.15) is 45.4 Å². The molecule has 4 atom stereocenters. The predicted molar refractivity (Wildman–Crippen MR) is 89.1 cm³/mol. The molecule has 0 saturated carbocycles. The highest BCUT2D eigenvalue weighted by molar-refractivity contribution is 5.89. The number of piperidine rings is 2. The fourth-order valence-corrected chi connectivity index (χ4v) is 4.36. The van der Waals surface area contributed by atoms with Crippen molar-refractivity contribution in [3.8, 4) is 0 Å². The van der Waals surface area contributed by atoms with Gasteiger partial charge in [-0.3, -0.25) is 0 Å². The summed E-state index contributed by atoms with van der Waals surface area (Å²) in [5.74, 6) is -0.401. The molecular weight excluding hydrogens is 293 g/mol. The zero-order chi connectivity index (χ0) is 16.2. The molecule has 126 valence electrons. The molecule has 0 aromatic heterocycles. The molecule has 1 aromatic carbocycles. The van der Waals surface area contributed by atoms with Crippen LogP contribution in [0.15, 0.2) is 24.3 Å². The summed E-state index contributed by atoms with van der Waals surface area (Å²) in [6, 6.07) is 7.52. The highest BCUT2D eigenvalue weighted by Gasteiger charge is 2.41. The van der Waals surface area contributed by atoms with Crippen molar-refractivity contribution in [2.45, 2.75) is 63.6 Å². The van der Waals surface area contributed by atoms with E-state index in [4.69, 9.17) is 0 Å². The maximum absolute atomic E-state index is 13.6. The van der Waals surface area contributed by atoms with Gasteiger partial charge < -0.3 is 15.5 Å². The number of anilines is 1. The van der Waals surface area contributed by atoms with Crippen molar-refractivity contribution in [1.82, 2.24) is 5.32 Å². The number of para-hydroxylation sites is 1. The van der Waals surface area contributed by atoms with Crippen LogP contribution in [0.3, 0.4) is 0 Å². The van der Waals surface area contributed by atoms with Gasteiger partial charge in [0.2, 0.25) is 0 Å². The quantitative estimate of drug-likeness (QED) is 0.783. The average Bonchev–Trinajstić information content (AvgIpc) is 2.50. The molecule has 2 aliphatic rings. The molecule has 2 amide bonds. The third-order valence-corrected chi connectivity index (χ3v) is 5.29. The lowest BCUT2D eigenvalue weighted by Crippen LogP contribution is -3.21. The van der Waals surface area contributed by atoms with Crippen LogP contribution >= 0.6 is 0 Å². The molecule has 0 aliphatic carbocycles. The number of halogens is 1. The number of carbonyl (C=O) groups is 1. The summed E-state index contributed by atoms with van der Waals surface area (Å²) in [6.45, 7) is 3.48. The van der Waals surface area contributed by atoms with Crippen molar-refractivity contribution in [1.29, 1.82) is 0 Å². The van der Waals surface area contributed by atoms with E-state index in [-0.39, 0.29) is 17.8 Å². The van der Waals surface area contributed by atoms with Crippen molar-refractivity contribution in [3.05, 3.63) is 30.1 Å². The summed E-state index contributed by atoms with van der Waals surface area (Å²) in [7, 11) is 0. The Hall–Kier alpha value is -1.62. The molecule has 2 fully saturated rings. The molecule has 3 rings (SSSR count). The number of carbonyl (C=O) groups excluding carboxylic acids is 1. The molecule has 5 heteroatoms. The summed E-state index contributed by atoms with van der Waals surface area (Å²) in [5, 5.41) is 5.68. The minimum atomic E-state index is -0.401. The van der Waals surface area contributed by atoms with Gasteiger partial charge in [-0.2, -0.15) is 0 Å². The molecule has 4 nitrogen and oxygen atoms in total. The largest absolute Gasteiger partial charge is 0.335 e. The lowest BCUT2D eigenvalue weighted by atomic mass is 9.81. The third kappa shape index (κ3) is 3.83. The van der Waals surface area contributed by atoms with E-state index in [9.17, 15) is 9.18 Å². The van der Waals surface area contributed by atoms with Crippen LogP contribution < -0.4 is 15.5 Å². The summed E-state index contributed by atoms with van der Waals surface area (Å²) in [5.41, 5.74) is 0.235.